The Bertz CT molecular complexity index is 1100. The van der Waals surface area contributed by atoms with E-state index in [0.717, 1.165) is 46.4 Å². The van der Waals surface area contributed by atoms with E-state index in [4.69, 9.17) is 10.5 Å². The number of rotatable bonds is 4. The van der Waals surface area contributed by atoms with Crippen molar-refractivity contribution in [3.05, 3.63) is 65.7 Å². The number of aryl methyl sites for hydroxylation is 1. The summed E-state index contributed by atoms with van der Waals surface area (Å²) in [6.45, 7) is 6.88. The highest BCUT2D eigenvalue weighted by Crippen LogP contribution is 2.33. The molecular formula is C24H25N3O2. The quantitative estimate of drug-likeness (QED) is 0.531. The van der Waals surface area contributed by atoms with Crippen LogP contribution in [0.2, 0.25) is 0 Å². The third-order valence-electron chi connectivity index (χ3n) is 5.32. The topological polar surface area (TPSA) is 68.5 Å². The molecule has 0 unspecified atom stereocenters. The van der Waals surface area contributed by atoms with Crippen molar-refractivity contribution in [1.29, 1.82) is 0 Å². The number of benzene rings is 2. The highest BCUT2D eigenvalue weighted by molar-refractivity contribution is 6.10. The molecule has 1 aliphatic rings. The molecule has 0 bridgehead atoms. The maximum atomic E-state index is 12.6. The third kappa shape index (κ3) is 3.74. The molecule has 5 nitrogen and oxygen atoms in total. The number of carbonyl (C=O) groups excluding carboxylic acids is 1. The van der Waals surface area contributed by atoms with Gasteiger partial charge in [-0.3, -0.25) is 4.79 Å². The van der Waals surface area contributed by atoms with E-state index in [1.807, 2.05) is 44.2 Å². The Labute approximate surface area is 170 Å². The number of fused-ring (bicyclic) bond motifs is 1. The van der Waals surface area contributed by atoms with Crippen LogP contribution in [0.15, 0.2) is 54.6 Å². The van der Waals surface area contributed by atoms with Gasteiger partial charge in [0.05, 0.1) is 24.4 Å². The van der Waals surface area contributed by atoms with Gasteiger partial charge in [-0.15, -0.1) is 0 Å². The number of pyridine rings is 1. The molecule has 0 amide bonds. The lowest BCUT2D eigenvalue weighted by Crippen LogP contribution is -2.36. The fourth-order valence-corrected chi connectivity index (χ4v) is 3.89. The molecule has 0 radical (unpaired) electrons. The summed E-state index contributed by atoms with van der Waals surface area (Å²) in [6, 6.07) is 14.0. The zero-order chi connectivity index (χ0) is 20.4. The molecule has 1 aliphatic heterocycles. The van der Waals surface area contributed by atoms with Gasteiger partial charge >= 0.3 is 0 Å². The van der Waals surface area contributed by atoms with Crippen molar-refractivity contribution in [2.75, 3.05) is 36.9 Å². The van der Waals surface area contributed by atoms with Gasteiger partial charge in [-0.1, -0.05) is 30.3 Å². The zero-order valence-electron chi connectivity index (χ0n) is 16.8. The smallest absolute Gasteiger partial charge is 0.186 e. The Morgan fingerprint density at radius 1 is 1.17 bits per heavy atom. The summed E-state index contributed by atoms with van der Waals surface area (Å²) in [5.41, 5.74) is 11.8. The van der Waals surface area contributed by atoms with Gasteiger partial charge in [0.15, 0.2) is 5.78 Å². The highest BCUT2D eigenvalue weighted by atomic mass is 16.5. The first-order valence-corrected chi connectivity index (χ1v) is 9.88. The van der Waals surface area contributed by atoms with Crippen LogP contribution in [-0.4, -0.2) is 37.1 Å². The molecule has 2 aromatic carbocycles. The molecule has 1 aromatic heterocycles. The normalized spacial score (nSPS) is 14.6. The average Bonchev–Trinajstić information content (AvgIpc) is 2.73. The second-order valence-corrected chi connectivity index (χ2v) is 7.26. The molecule has 0 spiro atoms. The van der Waals surface area contributed by atoms with Crippen LogP contribution in [-0.2, 0) is 4.74 Å². The summed E-state index contributed by atoms with van der Waals surface area (Å²) in [5.74, 6) is 0.544. The van der Waals surface area contributed by atoms with E-state index in [0.29, 0.717) is 24.6 Å². The fourth-order valence-electron chi connectivity index (χ4n) is 3.89. The first-order chi connectivity index (χ1) is 14.1. The summed E-state index contributed by atoms with van der Waals surface area (Å²) in [5, 5.41) is 1.01. The maximum Gasteiger partial charge on any atom is 0.186 e. The van der Waals surface area contributed by atoms with Gasteiger partial charge in [0, 0.05) is 24.0 Å². The lowest BCUT2D eigenvalue weighted by molar-refractivity contribution is 0.104. The molecule has 4 rings (SSSR count). The number of allylic oxidation sites excluding steroid dienone is 2. The molecule has 148 valence electrons. The van der Waals surface area contributed by atoms with E-state index in [9.17, 15) is 4.79 Å². The average molecular weight is 387 g/mol. The summed E-state index contributed by atoms with van der Waals surface area (Å²) >= 11 is 0. The van der Waals surface area contributed by atoms with Gasteiger partial charge in [0.2, 0.25) is 0 Å². The number of ketones is 1. The summed E-state index contributed by atoms with van der Waals surface area (Å²) in [4.78, 5) is 19.5. The number of ether oxygens (including phenoxy) is 1. The Kier molecular flexibility index (Phi) is 5.32. The minimum atomic E-state index is 0.00994. The standard InChI is InChI=1S/C24H25N3O2/c1-3-5-22(28)19-7-4-6-16(2)23(19)17-8-9-20-18(14-17)15-21(24(25)26-20)27-10-12-29-13-11-27/h3-9,14-15H,10-13H2,1-2H3,(H2,25,26). The lowest BCUT2D eigenvalue weighted by atomic mass is 9.92. The van der Waals surface area contributed by atoms with E-state index in [-0.39, 0.29) is 5.78 Å². The molecule has 0 atom stereocenters. The number of nitrogens with zero attached hydrogens (tertiary/aromatic N) is 2. The van der Waals surface area contributed by atoms with Gasteiger partial charge in [-0.05, 0) is 54.8 Å². The maximum absolute atomic E-state index is 12.6. The molecule has 0 aliphatic carbocycles. The van der Waals surface area contributed by atoms with Crippen LogP contribution < -0.4 is 10.6 Å². The van der Waals surface area contributed by atoms with Gasteiger partial charge < -0.3 is 15.4 Å². The molecule has 0 saturated carbocycles. The minimum absolute atomic E-state index is 0.00994. The van der Waals surface area contributed by atoms with Crippen LogP contribution in [0.1, 0.15) is 22.8 Å². The van der Waals surface area contributed by atoms with Crippen molar-refractivity contribution in [1.82, 2.24) is 4.98 Å². The van der Waals surface area contributed by atoms with Gasteiger partial charge in [0.25, 0.3) is 0 Å². The molecule has 3 aromatic rings. The van der Waals surface area contributed by atoms with E-state index in [1.54, 1.807) is 12.2 Å². The Morgan fingerprint density at radius 2 is 1.97 bits per heavy atom. The number of anilines is 2. The lowest BCUT2D eigenvalue weighted by Gasteiger charge is -2.29. The van der Waals surface area contributed by atoms with Crippen LogP contribution in [0.4, 0.5) is 11.5 Å². The summed E-state index contributed by atoms with van der Waals surface area (Å²) in [7, 11) is 0. The van der Waals surface area contributed by atoms with Crippen LogP contribution in [0, 0.1) is 6.92 Å². The molecular weight excluding hydrogens is 362 g/mol. The zero-order valence-corrected chi connectivity index (χ0v) is 16.8. The van der Waals surface area contributed by atoms with Gasteiger partial charge in [0.1, 0.15) is 5.82 Å². The predicted molar refractivity (Wildman–Crippen MR) is 119 cm³/mol. The number of hydrogen-bond donors (Lipinski definition) is 1. The Hall–Kier alpha value is -3.18. The number of morpholine rings is 1. The number of hydrogen-bond acceptors (Lipinski definition) is 5. The van der Waals surface area contributed by atoms with Crippen LogP contribution >= 0.6 is 0 Å². The van der Waals surface area contributed by atoms with E-state index >= 15 is 0 Å². The Balaban J connectivity index is 1.84. The van der Waals surface area contributed by atoms with E-state index in [1.165, 1.54) is 0 Å². The van der Waals surface area contributed by atoms with Crippen molar-refractivity contribution in [2.24, 2.45) is 0 Å². The molecule has 2 heterocycles. The third-order valence-corrected chi connectivity index (χ3v) is 5.32. The van der Waals surface area contributed by atoms with Crippen molar-refractivity contribution in [3.63, 3.8) is 0 Å². The van der Waals surface area contributed by atoms with Crippen molar-refractivity contribution < 1.29 is 9.53 Å². The van der Waals surface area contributed by atoms with Crippen LogP contribution in [0.3, 0.4) is 0 Å². The minimum Gasteiger partial charge on any atom is -0.382 e. The summed E-state index contributed by atoms with van der Waals surface area (Å²) < 4.78 is 5.45. The number of carbonyl (C=O) groups is 1. The monoisotopic (exact) mass is 387 g/mol. The van der Waals surface area contributed by atoms with Crippen molar-refractivity contribution >= 4 is 28.2 Å². The molecule has 5 heteroatoms. The number of aromatic nitrogens is 1. The number of nitrogen functional groups attached to an aromatic ring is 1. The predicted octanol–water partition coefficient (Wildman–Crippen LogP) is 4.39. The second-order valence-electron chi connectivity index (χ2n) is 7.26. The van der Waals surface area contributed by atoms with Gasteiger partial charge in [-0.25, -0.2) is 4.98 Å². The number of nitrogens with two attached hydrogens (primary N) is 1. The first-order valence-electron chi connectivity index (χ1n) is 9.88. The molecule has 1 fully saturated rings. The highest BCUT2D eigenvalue weighted by Gasteiger charge is 2.17. The SMILES string of the molecule is CC=CC(=O)c1cccc(C)c1-c1ccc2nc(N)c(N3CCOCC3)cc2c1. The van der Waals surface area contributed by atoms with E-state index in [2.05, 4.69) is 22.0 Å². The van der Waals surface area contributed by atoms with Gasteiger partial charge in [-0.2, -0.15) is 0 Å². The largest absolute Gasteiger partial charge is 0.382 e. The summed E-state index contributed by atoms with van der Waals surface area (Å²) in [6.07, 6.45) is 3.38. The first kappa shape index (κ1) is 19.2. The van der Waals surface area contributed by atoms with Crippen molar-refractivity contribution in [3.8, 4) is 11.1 Å². The van der Waals surface area contributed by atoms with E-state index < -0.39 is 0 Å². The van der Waals surface area contributed by atoms with Crippen molar-refractivity contribution in [2.45, 2.75) is 13.8 Å². The Morgan fingerprint density at radius 3 is 2.72 bits per heavy atom. The fraction of sp³-hybridized carbons (Fsp3) is 0.250. The molecule has 2 N–H and O–H groups in total. The second kappa shape index (κ2) is 8.05. The molecule has 1 saturated heterocycles. The van der Waals surface area contributed by atoms with Crippen LogP contribution in [0.5, 0.6) is 0 Å². The van der Waals surface area contributed by atoms with Crippen LogP contribution in [0.25, 0.3) is 22.0 Å². The molecule has 29 heavy (non-hydrogen) atoms.